The van der Waals surface area contributed by atoms with E-state index in [1.807, 2.05) is 13.8 Å². The number of nitrogens with one attached hydrogen (secondary N) is 1. The van der Waals surface area contributed by atoms with Crippen LogP contribution in [0.25, 0.3) is 0 Å². The minimum Gasteiger partial charge on any atom is -0.298 e. The second-order valence-corrected chi connectivity index (χ2v) is 3.12. The predicted molar refractivity (Wildman–Crippen MR) is 53.2 cm³/mol. The zero-order valence-electron chi connectivity index (χ0n) is 8.34. The molecule has 1 unspecified atom stereocenters. The van der Waals surface area contributed by atoms with Crippen molar-refractivity contribution in [1.82, 2.24) is 5.32 Å². The summed E-state index contributed by atoms with van der Waals surface area (Å²) >= 11 is 0. The summed E-state index contributed by atoms with van der Waals surface area (Å²) in [6.07, 6.45) is 0. The lowest BCUT2D eigenvalue weighted by Crippen LogP contribution is -2.20. The molecule has 0 aliphatic rings. The fourth-order valence-electron chi connectivity index (χ4n) is 1.35. The molecule has 74 valence electrons. The molecule has 0 heterocycles. The van der Waals surface area contributed by atoms with E-state index in [1.54, 1.807) is 6.07 Å². The molecule has 14 heavy (non-hydrogen) atoms. The average molecular weight is 192 g/mol. The molecule has 1 rings (SSSR count). The summed E-state index contributed by atoms with van der Waals surface area (Å²) in [5, 5.41) is 11.9. The van der Waals surface area contributed by atoms with Crippen molar-refractivity contribution in [3.8, 4) is 6.07 Å². The van der Waals surface area contributed by atoms with E-state index in [1.165, 1.54) is 12.1 Å². The van der Waals surface area contributed by atoms with Gasteiger partial charge in [0, 0.05) is 0 Å². The van der Waals surface area contributed by atoms with E-state index in [-0.39, 0.29) is 5.82 Å². The molecule has 0 radical (unpaired) electrons. The van der Waals surface area contributed by atoms with Gasteiger partial charge in [-0.15, -0.1) is 0 Å². The number of rotatable bonds is 3. The van der Waals surface area contributed by atoms with E-state index in [2.05, 4.69) is 11.4 Å². The van der Waals surface area contributed by atoms with Gasteiger partial charge in [0.25, 0.3) is 0 Å². The summed E-state index contributed by atoms with van der Waals surface area (Å²) in [5.41, 5.74) is 1.65. The number of aryl methyl sites for hydroxylation is 1. The van der Waals surface area contributed by atoms with Gasteiger partial charge in [-0.3, -0.25) is 5.32 Å². The summed E-state index contributed by atoms with van der Waals surface area (Å²) in [5.74, 6) is -0.302. The molecule has 0 saturated heterocycles. The van der Waals surface area contributed by atoms with Crippen LogP contribution in [0.2, 0.25) is 0 Å². The first-order valence-electron chi connectivity index (χ1n) is 4.58. The maximum absolute atomic E-state index is 12.9. The Morgan fingerprint density at radius 2 is 2.29 bits per heavy atom. The number of benzene rings is 1. The van der Waals surface area contributed by atoms with Crippen LogP contribution in [0.3, 0.4) is 0 Å². The monoisotopic (exact) mass is 192 g/mol. The summed E-state index contributed by atoms with van der Waals surface area (Å²) in [6, 6.07) is 6.19. The van der Waals surface area contributed by atoms with Crippen LogP contribution in [0.5, 0.6) is 0 Å². The Morgan fingerprint density at radius 1 is 1.57 bits per heavy atom. The van der Waals surface area contributed by atoms with E-state index < -0.39 is 6.04 Å². The van der Waals surface area contributed by atoms with Gasteiger partial charge in [-0.25, -0.2) is 4.39 Å². The van der Waals surface area contributed by atoms with E-state index in [0.29, 0.717) is 12.1 Å². The van der Waals surface area contributed by atoms with Crippen molar-refractivity contribution in [1.29, 1.82) is 5.26 Å². The van der Waals surface area contributed by atoms with E-state index in [9.17, 15) is 4.39 Å². The van der Waals surface area contributed by atoms with Crippen LogP contribution in [0, 0.1) is 24.1 Å². The Hall–Kier alpha value is -1.40. The van der Waals surface area contributed by atoms with Crippen LogP contribution >= 0.6 is 0 Å². The molecule has 1 aromatic carbocycles. The normalized spacial score (nSPS) is 12.1. The van der Waals surface area contributed by atoms with Gasteiger partial charge < -0.3 is 0 Å². The smallest absolute Gasteiger partial charge is 0.123 e. The van der Waals surface area contributed by atoms with E-state index in [0.717, 1.165) is 5.56 Å². The van der Waals surface area contributed by atoms with Crippen molar-refractivity contribution in [3.05, 3.63) is 35.1 Å². The zero-order chi connectivity index (χ0) is 10.6. The molecular weight excluding hydrogens is 179 g/mol. The van der Waals surface area contributed by atoms with Crippen molar-refractivity contribution in [2.75, 3.05) is 6.54 Å². The summed E-state index contributed by atoms with van der Waals surface area (Å²) < 4.78 is 12.9. The molecule has 0 aliphatic heterocycles. The Labute approximate surface area is 83.4 Å². The van der Waals surface area contributed by atoms with Crippen LogP contribution in [0.15, 0.2) is 18.2 Å². The van der Waals surface area contributed by atoms with Crippen LogP contribution in [-0.2, 0) is 0 Å². The highest BCUT2D eigenvalue weighted by atomic mass is 19.1. The van der Waals surface area contributed by atoms with Crippen molar-refractivity contribution in [3.63, 3.8) is 0 Å². The van der Waals surface area contributed by atoms with Crippen LogP contribution in [0.4, 0.5) is 4.39 Å². The first-order valence-corrected chi connectivity index (χ1v) is 4.58. The molecular formula is C11H13FN2. The third-order valence-corrected chi connectivity index (χ3v) is 2.09. The Morgan fingerprint density at radius 3 is 2.86 bits per heavy atom. The molecule has 2 nitrogen and oxygen atoms in total. The van der Waals surface area contributed by atoms with Crippen LogP contribution < -0.4 is 5.32 Å². The number of halogens is 1. The van der Waals surface area contributed by atoms with Crippen molar-refractivity contribution in [2.45, 2.75) is 19.9 Å². The maximum Gasteiger partial charge on any atom is 0.123 e. The quantitative estimate of drug-likeness (QED) is 0.797. The minimum atomic E-state index is -0.421. The molecule has 0 bridgehead atoms. The number of nitrogens with zero attached hydrogens (tertiary/aromatic N) is 1. The Kier molecular flexibility index (Phi) is 3.61. The summed E-state index contributed by atoms with van der Waals surface area (Å²) in [4.78, 5) is 0. The third-order valence-electron chi connectivity index (χ3n) is 2.09. The fourth-order valence-corrected chi connectivity index (χ4v) is 1.35. The molecule has 1 atom stereocenters. The van der Waals surface area contributed by atoms with Gasteiger partial charge in [0.1, 0.15) is 11.9 Å². The van der Waals surface area contributed by atoms with Crippen LogP contribution in [-0.4, -0.2) is 6.54 Å². The van der Waals surface area contributed by atoms with Gasteiger partial charge in [0.05, 0.1) is 6.07 Å². The minimum absolute atomic E-state index is 0.302. The van der Waals surface area contributed by atoms with Gasteiger partial charge in [-0.2, -0.15) is 5.26 Å². The second kappa shape index (κ2) is 4.73. The molecule has 0 saturated carbocycles. The van der Waals surface area contributed by atoms with Gasteiger partial charge in [0.2, 0.25) is 0 Å². The molecule has 0 spiro atoms. The Balaban J connectivity index is 3.03. The zero-order valence-corrected chi connectivity index (χ0v) is 8.34. The molecule has 3 heteroatoms. The molecule has 0 aromatic heterocycles. The SMILES string of the molecule is CCNC(C#N)c1cc(F)ccc1C. The number of hydrogen-bond donors (Lipinski definition) is 1. The van der Waals surface area contributed by atoms with Gasteiger partial charge in [-0.05, 0) is 36.7 Å². The lowest BCUT2D eigenvalue weighted by atomic mass is 10.0. The molecule has 0 amide bonds. The highest BCUT2D eigenvalue weighted by molar-refractivity contribution is 5.32. The van der Waals surface area contributed by atoms with E-state index in [4.69, 9.17) is 5.26 Å². The highest BCUT2D eigenvalue weighted by Crippen LogP contribution is 2.18. The van der Waals surface area contributed by atoms with Gasteiger partial charge in [-0.1, -0.05) is 13.0 Å². The lowest BCUT2D eigenvalue weighted by molar-refractivity contribution is 0.611. The summed E-state index contributed by atoms with van der Waals surface area (Å²) in [7, 11) is 0. The third kappa shape index (κ3) is 2.30. The number of nitriles is 1. The maximum atomic E-state index is 12.9. The van der Waals surface area contributed by atoms with E-state index >= 15 is 0 Å². The summed E-state index contributed by atoms with van der Waals surface area (Å²) in [6.45, 7) is 4.48. The molecule has 1 aromatic rings. The molecule has 0 fully saturated rings. The van der Waals surface area contributed by atoms with Gasteiger partial charge >= 0.3 is 0 Å². The number of hydrogen-bond acceptors (Lipinski definition) is 2. The first-order chi connectivity index (χ1) is 6.69. The first kappa shape index (κ1) is 10.7. The van der Waals surface area contributed by atoms with Crippen molar-refractivity contribution < 1.29 is 4.39 Å². The highest BCUT2D eigenvalue weighted by Gasteiger charge is 2.11. The largest absolute Gasteiger partial charge is 0.298 e. The molecule has 0 aliphatic carbocycles. The lowest BCUT2D eigenvalue weighted by Gasteiger charge is -2.12. The predicted octanol–water partition coefficient (Wildman–Crippen LogP) is 2.31. The van der Waals surface area contributed by atoms with Crippen LogP contribution in [0.1, 0.15) is 24.1 Å². The average Bonchev–Trinajstić information content (AvgIpc) is 2.18. The second-order valence-electron chi connectivity index (χ2n) is 3.12. The van der Waals surface area contributed by atoms with Gasteiger partial charge in [0.15, 0.2) is 0 Å². The van der Waals surface area contributed by atoms with Crippen molar-refractivity contribution >= 4 is 0 Å². The van der Waals surface area contributed by atoms with Crippen molar-refractivity contribution in [2.24, 2.45) is 0 Å². The standard InChI is InChI=1S/C11H13FN2/c1-3-14-11(7-13)10-6-9(12)5-4-8(10)2/h4-6,11,14H,3H2,1-2H3. The topological polar surface area (TPSA) is 35.8 Å². The molecule has 1 N–H and O–H groups in total. The fraction of sp³-hybridized carbons (Fsp3) is 0.364. The Bertz CT molecular complexity index is 355.